The van der Waals surface area contributed by atoms with Crippen LogP contribution in [0.4, 0.5) is 0 Å². The van der Waals surface area contributed by atoms with Gasteiger partial charge in [-0.05, 0) is 196 Å². The molecular weight excluding hydrogens is 1490 g/mol. The summed E-state index contributed by atoms with van der Waals surface area (Å²) in [5.74, 6) is -2.07. The Kier molecular flexibility index (Phi) is 67.0. The largest absolute Gasteiger partial charge is 0.461 e. The van der Waals surface area contributed by atoms with E-state index in [2.05, 4.69) is 104 Å². The lowest BCUT2D eigenvalue weighted by Crippen LogP contribution is -2.44. The third-order valence-corrected chi connectivity index (χ3v) is 26.2. The first-order valence-corrected chi connectivity index (χ1v) is 52.6. The molecule has 0 aliphatic rings. The molecule has 688 valence electrons. The average molecular weight is 1670 g/mol. The second-order valence-corrected chi connectivity index (χ2v) is 37.5. The molecule has 0 bridgehead atoms. The van der Waals surface area contributed by atoms with Crippen molar-refractivity contribution in [1.82, 2.24) is 0 Å². The molecule has 8 nitrogen and oxygen atoms in total. The van der Waals surface area contributed by atoms with E-state index in [0.717, 1.165) is 128 Å². The normalized spacial score (nSPS) is 11.6. The maximum absolute atomic E-state index is 15.3. The minimum atomic E-state index is -1.53. The summed E-state index contributed by atoms with van der Waals surface area (Å²) in [5.41, 5.74) is 10.3. The quantitative estimate of drug-likeness (QED) is 0.0245. The highest BCUT2D eigenvalue weighted by Crippen LogP contribution is 2.31. The summed E-state index contributed by atoms with van der Waals surface area (Å²) in [5, 5.41) is 0. The average Bonchev–Trinajstić information content (AvgIpc) is 0.820. The summed E-state index contributed by atoms with van der Waals surface area (Å²) in [7, 11) is 0. The Morgan fingerprint density at radius 2 is 0.298 bits per heavy atom. The molecule has 0 saturated heterocycles. The number of hydrogen-bond donors (Lipinski definition) is 0. The van der Waals surface area contributed by atoms with Gasteiger partial charge in [-0.15, -0.1) is 0 Å². The molecule has 0 radical (unpaired) electrons. The van der Waals surface area contributed by atoms with Crippen molar-refractivity contribution in [3.8, 4) is 0 Å². The molecule has 4 aromatic carbocycles. The Hall–Kier alpha value is -5.24. The number of benzene rings is 4. The Labute approximate surface area is 746 Å². The Balaban J connectivity index is 1.88. The molecule has 8 heteroatoms. The molecule has 0 saturated carbocycles. The van der Waals surface area contributed by atoms with Crippen molar-refractivity contribution in [3.05, 3.63) is 140 Å². The SMILES string of the molecule is CCCCCCCCCCc1ccc(C(=O)OCC(COC(=O)c2ccc(CCCCCCCCCC)c(CCCCCCCCCC)c2)(COC(=O)c2ccc(CCCCCCCCCC)c(CCCCCCCCCC)c2)COC(=O)c2ccc(CCCCCCCCCC)c(CCCCCCCCCC)c2)cc1CCCCCCCCCC. The van der Waals surface area contributed by atoms with Crippen LogP contribution < -0.4 is 0 Å². The highest BCUT2D eigenvalue weighted by atomic mass is 16.6. The van der Waals surface area contributed by atoms with Gasteiger partial charge in [0.15, 0.2) is 0 Å². The minimum absolute atomic E-state index is 0.350. The number of rotatable bonds is 84. The van der Waals surface area contributed by atoms with E-state index in [4.69, 9.17) is 18.9 Å². The molecule has 0 aromatic heterocycles. The van der Waals surface area contributed by atoms with E-state index in [0.29, 0.717) is 22.3 Å². The van der Waals surface area contributed by atoms with Crippen LogP contribution in [0.1, 0.15) is 552 Å². The number of unbranched alkanes of at least 4 members (excludes halogenated alkanes) is 56. The first-order chi connectivity index (χ1) is 59.5. The standard InChI is InChI=1S/C113H188O8/c1-9-17-25-33-41-49-57-65-73-97-81-85-105(89-101(97)77-69-61-53-45-37-29-21-13-5)109(114)118-93-113(94-119-110(115)106-86-82-98(74-66-58-50-42-34-26-18-10-2)102(90-106)78-70-62-54-46-38-30-22-14-6,95-120-111(116)107-87-83-99(75-67-59-51-43-35-27-19-11-3)103(91-107)79-71-63-55-47-39-31-23-15-7)96-121-112(117)108-88-84-100(76-68-60-52-44-36-28-20-12-4)104(92-108)80-72-64-56-48-40-32-24-16-8/h81-92H,9-80,93-96H2,1-8H3. The second-order valence-electron chi connectivity index (χ2n) is 37.5. The first kappa shape index (κ1) is 108. The zero-order valence-electron chi connectivity index (χ0n) is 80.4. The molecule has 0 aliphatic heterocycles. The lowest BCUT2D eigenvalue weighted by atomic mass is 9.91. The van der Waals surface area contributed by atoms with Crippen LogP contribution in [0.25, 0.3) is 0 Å². The number of hydrogen-bond acceptors (Lipinski definition) is 8. The fraction of sp³-hybridized carbons (Fsp3) is 0.752. The van der Waals surface area contributed by atoms with Crippen molar-refractivity contribution in [1.29, 1.82) is 0 Å². The van der Waals surface area contributed by atoms with Crippen LogP contribution in [-0.4, -0.2) is 50.3 Å². The monoisotopic (exact) mass is 1670 g/mol. The lowest BCUT2D eigenvalue weighted by Gasteiger charge is -2.32. The van der Waals surface area contributed by atoms with E-state index in [1.807, 2.05) is 24.3 Å². The van der Waals surface area contributed by atoms with Gasteiger partial charge < -0.3 is 18.9 Å². The molecule has 4 rings (SSSR count). The fourth-order valence-corrected chi connectivity index (χ4v) is 18.0. The van der Waals surface area contributed by atoms with Gasteiger partial charge in [0.05, 0.1) is 22.3 Å². The highest BCUT2D eigenvalue weighted by molar-refractivity contribution is 5.92. The summed E-state index contributed by atoms with van der Waals surface area (Å²) in [4.78, 5) is 61.0. The number of aryl methyl sites for hydroxylation is 8. The smallest absolute Gasteiger partial charge is 0.338 e. The van der Waals surface area contributed by atoms with Crippen LogP contribution in [-0.2, 0) is 70.3 Å². The van der Waals surface area contributed by atoms with E-state index in [9.17, 15) is 0 Å². The van der Waals surface area contributed by atoms with Gasteiger partial charge in [0.1, 0.15) is 31.8 Å². The van der Waals surface area contributed by atoms with Crippen LogP contribution in [0.3, 0.4) is 0 Å². The number of carbonyl (C=O) groups is 4. The molecule has 0 spiro atoms. The second kappa shape index (κ2) is 75.0. The summed E-state index contributed by atoms with van der Waals surface area (Å²) in [6.45, 7) is 16.8. The van der Waals surface area contributed by atoms with Gasteiger partial charge in [-0.1, -0.05) is 439 Å². The van der Waals surface area contributed by atoms with Crippen LogP contribution >= 0.6 is 0 Å². The van der Waals surface area contributed by atoms with Crippen LogP contribution in [0, 0.1) is 5.41 Å². The predicted octanol–water partition coefficient (Wildman–Crippen LogP) is 34.9. The summed E-state index contributed by atoms with van der Waals surface area (Å²) < 4.78 is 26.6. The number of ether oxygens (including phenoxy) is 4. The van der Waals surface area contributed by atoms with E-state index < -0.39 is 29.3 Å². The van der Waals surface area contributed by atoms with Gasteiger partial charge in [0.25, 0.3) is 0 Å². The van der Waals surface area contributed by atoms with E-state index in [1.165, 1.54) is 378 Å². The van der Waals surface area contributed by atoms with Gasteiger partial charge >= 0.3 is 23.9 Å². The van der Waals surface area contributed by atoms with E-state index >= 15 is 19.2 Å². The Bertz CT molecular complexity index is 2760. The van der Waals surface area contributed by atoms with Crippen LogP contribution in [0.15, 0.2) is 72.8 Å². The molecule has 0 aliphatic carbocycles. The zero-order chi connectivity index (χ0) is 86.8. The fourth-order valence-electron chi connectivity index (χ4n) is 18.0. The summed E-state index contributed by atoms with van der Waals surface area (Å²) >= 11 is 0. The lowest BCUT2D eigenvalue weighted by molar-refractivity contribution is -0.0642. The summed E-state index contributed by atoms with van der Waals surface area (Å²) in [6.07, 6.45) is 86.6. The third kappa shape index (κ3) is 52.5. The molecule has 0 N–H and O–H groups in total. The van der Waals surface area contributed by atoms with Crippen molar-refractivity contribution in [2.24, 2.45) is 5.41 Å². The van der Waals surface area contributed by atoms with Crippen molar-refractivity contribution >= 4 is 23.9 Å². The Morgan fingerprint density at radius 3 is 0.438 bits per heavy atom. The van der Waals surface area contributed by atoms with Crippen LogP contribution in [0.2, 0.25) is 0 Å². The Morgan fingerprint density at radius 1 is 0.174 bits per heavy atom. The molecule has 121 heavy (non-hydrogen) atoms. The molecule has 0 amide bonds. The maximum atomic E-state index is 15.3. The maximum Gasteiger partial charge on any atom is 0.338 e. The molecule has 4 aromatic rings. The number of carbonyl (C=O) groups excluding carboxylic acids is 4. The molecule has 0 unspecified atom stereocenters. The zero-order valence-corrected chi connectivity index (χ0v) is 80.4. The summed E-state index contributed by atoms with van der Waals surface area (Å²) in [6, 6.07) is 24.6. The van der Waals surface area contributed by atoms with Crippen LogP contribution in [0.5, 0.6) is 0 Å². The van der Waals surface area contributed by atoms with Gasteiger partial charge in [0, 0.05) is 0 Å². The van der Waals surface area contributed by atoms with E-state index in [1.54, 1.807) is 0 Å². The van der Waals surface area contributed by atoms with Crippen molar-refractivity contribution in [2.75, 3.05) is 26.4 Å². The van der Waals surface area contributed by atoms with E-state index in [-0.39, 0.29) is 26.4 Å². The highest BCUT2D eigenvalue weighted by Gasteiger charge is 2.39. The predicted molar refractivity (Wildman–Crippen MR) is 520 cm³/mol. The van der Waals surface area contributed by atoms with Crippen molar-refractivity contribution < 1.29 is 38.1 Å². The van der Waals surface area contributed by atoms with Crippen molar-refractivity contribution in [3.63, 3.8) is 0 Å². The first-order valence-electron chi connectivity index (χ1n) is 52.6. The topological polar surface area (TPSA) is 105 Å². The van der Waals surface area contributed by atoms with Gasteiger partial charge in [-0.3, -0.25) is 0 Å². The molecule has 0 heterocycles. The van der Waals surface area contributed by atoms with Gasteiger partial charge in [0.2, 0.25) is 0 Å². The molecule has 0 fully saturated rings. The molecule has 0 atom stereocenters. The molecular formula is C113H188O8. The van der Waals surface area contributed by atoms with Gasteiger partial charge in [-0.2, -0.15) is 0 Å². The van der Waals surface area contributed by atoms with Gasteiger partial charge in [-0.25, -0.2) is 19.2 Å². The van der Waals surface area contributed by atoms with Crippen molar-refractivity contribution in [2.45, 2.75) is 518 Å². The third-order valence-electron chi connectivity index (χ3n) is 26.2. The minimum Gasteiger partial charge on any atom is -0.461 e. The number of esters is 4.